The van der Waals surface area contributed by atoms with Gasteiger partial charge >= 0.3 is 0 Å². The van der Waals surface area contributed by atoms with Crippen LogP contribution in [-0.4, -0.2) is 74.6 Å². The van der Waals surface area contributed by atoms with E-state index in [0.717, 1.165) is 75.8 Å². The molecule has 0 aromatic heterocycles. The third-order valence-corrected chi connectivity index (χ3v) is 8.85. The first-order valence-electron chi connectivity index (χ1n) is 15.6. The van der Waals surface area contributed by atoms with Gasteiger partial charge in [0.05, 0.1) is 14.2 Å². The molecule has 0 bridgehead atoms. The van der Waals surface area contributed by atoms with Gasteiger partial charge < -0.3 is 24.6 Å². The van der Waals surface area contributed by atoms with E-state index in [1.807, 2.05) is 35.2 Å². The number of rotatable bonds is 13. The molecule has 2 heterocycles. The molecule has 1 N–H and O–H groups in total. The van der Waals surface area contributed by atoms with E-state index in [9.17, 15) is 9.59 Å². The largest absolute Gasteiger partial charge is 0.493 e. The lowest BCUT2D eigenvalue weighted by atomic mass is 9.92. The minimum atomic E-state index is 0.0768. The molecule has 2 fully saturated rings. The smallest absolute Gasteiger partial charge is 0.253 e. The van der Waals surface area contributed by atoms with Crippen molar-refractivity contribution >= 4 is 11.8 Å². The van der Waals surface area contributed by atoms with Crippen LogP contribution >= 0.6 is 0 Å². The summed E-state index contributed by atoms with van der Waals surface area (Å²) in [6, 6.07) is 14.6. The van der Waals surface area contributed by atoms with E-state index in [4.69, 9.17) is 9.47 Å². The summed E-state index contributed by atoms with van der Waals surface area (Å²) in [5.74, 6) is 1.82. The first-order chi connectivity index (χ1) is 20.0. The van der Waals surface area contributed by atoms with Gasteiger partial charge in [0.15, 0.2) is 11.5 Å². The van der Waals surface area contributed by atoms with Crippen molar-refractivity contribution < 1.29 is 19.1 Å². The number of aryl methyl sites for hydroxylation is 1. The third-order valence-electron chi connectivity index (χ3n) is 8.85. The van der Waals surface area contributed by atoms with Crippen LogP contribution in [0.1, 0.15) is 79.8 Å². The second-order valence-electron chi connectivity index (χ2n) is 11.6. The number of nitrogens with one attached hydrogen (secondary N) is 1. The van der Waals surface area contributed by atoms with Gasteiger partial charge in [-0.1, -0.05) is 44.4 Å². The molecular formula is C34H49N3O4. The highest BCUT2D eigenvalue weighted by atomic mass is 16.5. The Morgan fingerprint density at radius 2 is 1.49 bits per heavy atom. The molecule has 2 aliphatic heterocycles. The number of amides is 2. The first-order valence-corrected chi connectivity index (χ1v) is 15.6. The summed E-state index contributed by atoms with van der Waals surface area (Å²) < 4.78 is 10.7. The number of nitrogens with zero attached hydrogens (tertiary/aromatic N) is 2. The van der Waals surface area contributed by atoms with Crippen molar-refractivity contribution in [3.05, 3.63) is 59.2 Å². The molecule has 41 heavy (non-hydrogen) atoms. The maximum absolute atomic E-state index is 13.1. The minimum absolute atomic E-state index is 0.0768. The van der Waals surface area contributed by atoms with Crippen LogP contribution < -0.4 is 14.8 Å². The zero-order chi connectivity index (χ0) is 29.0. The van der Waals surface area contributed by atoms with Gasteiger partial charge in [0.25, 0.3) is 5.91 Å². The first kappa shape index (κ1) is 30.9. The second kappa shape index (κ2) is 15.8. The minimum Gasteiger partial charge on any atom is -0.493 e. The van der Waals surface area contributed by atoms with E-state index in [-0.39, 0.29) is 17.7 Å². The quantitative estimate of drug-likeness (QED) is 0.326. The third kappa shape index (κ3) is 8.71. The number of carbonyl (C=O) groups is 2. The lowest BCUT2D eigenvalue weighted by molar-refractivity contribution is -0.126. The number of piperidine rings is 2. The Bertz CT molecular complexity index is 1100. The number of benzene rings is 2. The summed E-state index contributed by atoms with van der Waals surface area (Å²) in [5, 5.41) is 3.14. The summed E-state index contributed by atoms with van der Waals surface area (Å²) in [6.45, 7) is 6.36. The number of unbranched alkanes of at least 4 members (excludes halogenated alkanes) is 3. The van der Waals surface area contributed by atoms with Crippen molar-refractivity contribution in [2.75, 3.05) is 46.9 Å². The van der Waals surface area contributed by atoms with Gasteiger partial charge in [0.2, 0.25) is 5.91 Å². The molecule has 2 saturated heterocycles. The van der Waals surface area contributed by atoms with Crippen LogP contribution in [0.25, 0.3) is 0 Å². The van der Waals surface area contributed by atoms with Crippen LogP contribution in [0.15, 0.2) is 42.5 Å². The van der Waals surface area contributed by atoms with E-state index >= 15 is 0 Å². The standard InChI is InChI=1S/C34H49N3O4/c1-4-5-6-7-8-26-9-12-29(13-10-26)34(39)37-23-18-30(19-24-37)36-21-16-28(17-22-36)33(38)35-20-15-27-11-14-31(40-2)32(25-27)41-3/h9-14,25,28,30H,4-8,15-24H2,1-3H3,(H,35,38). The highest BCUT2D eigenvalue weighted by Crippen LogP contribution is 2.28. The van der Waals surface area contributed by atoms with Crippen LogP contribution in [0.5, 0.6) is 11.5 Å². The zero-order valence-electron chi connectivity index (χ0n) is 25.3. The normalized spacial score (nSPS) is 16.9. The average molecular weight is 564 g/mol. The van der Waals surface area contributed by atoms with Gasteiger partial charge in [-0.25, -0.2) is 0 Å². The Labute approximate surface area is 246 Å². The van der Waals surface area contributed by atoms with Crippen molar-refractivity contribution in [1.29, 1.82) is 0 Å². The molecule has 7 nitrogen and oxygen atoms in total. The molecule has 2 aromatic carbocycles. The van der Waals surface area contributed by atoms with Crippen LogP contribution in [-0.2, 0) is 17.6 Å². The molecule has 0 unspecified atom stereocenters. The highest BCUT2D eigenvalue weighted by molar-refractivity contribution is 5.94. The summed E-state index contributed by atoms with van der Waals surface area (Å²) in [5.41, 5.74) is 3.24. The zero-order valence-corrected chi connectivity index (χ0v) is 25.3. The van der Waals surface area contributed by atoms with E-state index in [1.54, 1.807) is 14.2 Å². The van der Waals surface area contributed by atoms with Gasteiger partial charge in [-0.05, 0) is 93.4 Å². The summed E-state index contributed by atoms with van der Waals surface area (Å²) >= 11 is 0. The molecular weight excluding hydrogens is 514 g/mol. The molecule has 224 valence electrons. The SMILES string of the molecule is CCCCCCc1ccc(C(=O)N2CCC(N3CCC(C(=O)NCCc4ccc(OC)c(OC)c4)CC3)CC2)cc1. The molecule has 0 spiro atoms. The fourth-order valence-corrected chi connectivity index (χ4v) is 6.22. The van der Waals surface area contributed by atoms with Crippen LogP contribution in [0.3, 0.4) is 0 Å². The van der Waals surface area contributed by atoms with Gasteiger partial charge in [-0.2, -0.15) is 0 Å². The van der Waals surface area contributed by atoms with Crippen molar-refractivity contribution in [3.63, 3.8) is 0 Å². The number of methoxy groups -OCH3 is 2. The topological polar surface area (TPSA) is 71.1 Å². The summed E-state index contributed by atoms with van der Waals surface area (Å²) in [6.07, 6.45) is 10.7. The predicted octanol–water partition coefficient (Wildman–Crippen LogP) is 5.50. The van der Waals surface area contributed by atoms with E-state index in [1.165, 1.54) is 31.2 Å². The molecule has 4 rings (SSSR count). The highest BCUT2D eigenvalue weighted by Gasteiger charge is 2.31. The Kier molecular flexibility index (Phi) is 11.9. The van der Waals surface area contributed by atoms with E-state index in [0.29, 0.717) is 24.1 Å². The predicted molar refractivity (Wildman–Crippen MR) is 164 cm³/mol. The van der Waals surface area contributed by atoms with Crippen LogP contribution in [0.4, 0.5) is 0 Å². The Morgan fingerprint density at radius 3 is 2.15 bits per heavy atom. The molecule has 7 heteroatoms. The fourth-order valence-electron chi connectivity index (χ4n) is 6.22. The van der Waals surface area contributed by atoms with E-state index < -0.39 is 0 Å². The average Bonchev–Trinajstić information content (AvgIpc) is 3.03. The van der Waals surface area contributed by atoms with Crippen molar-refractivity contribution in [2.24, 2.45) is 5.92 Å². The van der Waals surface area contributed by atoms with Crippen molar-refractivity contribution in [3.8, 4) is 11.5 Å². The maximum Gasteiger partial charge on any atom is 0.253 e. The fraction of sp³-hybridized carbons (Fsp3) is 0.588. The lowest BCUT2D eigenvalue weighted by Crippen LogP contribution is -2.50. The number of hydrogen-bond donors (Lipinski definition) is 1. The van der Waals surface area contributed by atoms with Crippen molar-refractivity contribution in [2.45, 2.75) is 77.2 Å². The molecule has 0 aliphatic carbocycles. The van der Waals surface area contributed by atoms with Crippen LogP contribution in [0, 0.1) is 5.92 Å². The van der Waals surface area contributed by atoms with Gasteiger partial charge in [0, 0.05) is 37.2 Å². The van der Waals surface area contributed by atoms with Crippen molar-refractivity contribution in [1.82, 2.24) is 15.1 Å². The second-order valence-corrected chi connectivity index (χ2v) is 11.6. The molecule has 2 amide bonds. The number of hydrogen-bond acceptors (Lipinski definition) is 5. The molecule has 2 aliphatic rings. The molecule has 0 atom stereocenters. The number of ether oxygens (including phenoxy) is 2. The lowest BCUT2D eigenvalue weighted by Gasteiger charge is -2.41. The monoisotopic (exact) mass is 563 g/mol. The van der Waals surface area contributed by atoms with Gasteiger partial charge in [-0.15, -0.1) is 0 Å². The Balaban J connectivity index is 1.14. The molecule has 0 radical (unpaired) electrons. The summed E-state index contributed by atoms with van der Waals surface area (Å²) in [4.78, 5) is 30.5. The van der Waals surface area contributed by atoms with E-state index in [2.05, 4.69) is 29.3 Å². The maximum atomic E-state index is 13.1. The Hall–Kier alpha value is -3.06. The van der Waals surface area contributed by atoms with Gasteiger partial charge in [-0.3, -0.25) is 9.59 Å². The van der Waals surface area contributed by atoms with Crippen LogP contribution in [0.2, 0.25) is 0 Å². The van der Waals surface area contributed by atoms with Gasteiger partial charge in [0.1, 0.15) is 0 Å². The Morgan fingerprint density at radius 1 is 0.805 bits per heavy atom. The molecule has 2 aromatic rings. The summed E-state index contributed by atoms with van der Waals surface area (Å²) in [7, 11) is 3.26. The molecule has 0 saturated carbocycles. The number of carbonyl (C=O) groups excluding carboxylic acids is 2. The number of likely N-dealkylation sites (tertiary alicyclic amines) is 2.